The van der Waals surface area contributed by atoms with E-state index in [0.717, 1.165) is 88.4 Å². The van der Waals surface area contributed by atoms with Crippen LogP contribution in [-0.4, -0.2) is 95.2 Å². The lowest BCUT2D eigenvalue weighted by atomic mass is 9.99. The number of anilines is 4. The summed E-state index contributed by atoms with van der Waals surface area (Å²) in [4.78, 5) is 51.9. The van der Waals surface area contributed by atoms with Gasteiger partial charge in [-0.3, -0.25) is 19.3 Å². The van der Waals surface area contributed by atoms with Crippen molar-refractivity contribution in [3.05, 3.63) is 35.5 Å². The molecule has 44 heavy (non-hydrogen) atoms. The third kappa shape index (κ3) is 6.29. The Bertz CT molecular complexity index is 1450. The number of amides is 1. The van der Waals surface area contributed by atoms with E-state index in [4.69, 9.17) is 9.72 Å². The number of rotatable bonds is 8. The van der Waals surface area contributed by atoms with E-state index in [1.807, 2.05) is 17.0 Å². The number of piperazine rings is 1. The Morgan fingerprint density at radius 3 is 2.48 bits per heavy atom. The fourth-order valence-corrected chi connectivity index (χ4v) is 7.15. The van der Waals surface area contributed by atoms with Crippen LogP contribution < -0.4 is 20.3 Å². The number of piperidine rings is 1. The number of hydrogen-bond acceptors (Lipinski definition) is 10. The van der Waals surface area contributed by atoms with Gasteiger partial charge in [-0.1, -0.05) is 12.8 Å². The lowest BCUT2D eigenvalue weighted by Crippen LogP contribution is -2.60. The van der Waals surface area contributed by atoms with Gasteiger partial charge in [-0.25, -0.2) is 4.98 Å². The highest BCUT2D eigenvalue weighted by Gasteiger charge is 2.36. The molecule has 3 fully saturated rings. The molecule has 0 bridgehead atoms. The normalized spacial score (nSPS) is 21.6. The molecular formula is C33H43N7O4. The standard InChI is InChI=1S/C33H43N7O4/c1-21(29(19-41)22(2)42)28-17-34-33(37-32(28)35-24-6-4-5-7-24)36-25-8-9-30-31(16-25)44-20-27-18-39(14-15-40(27)30)26-10-12-38(13-11-26)23(3)43/h8-9,16-17,19,24,26-27H,4-7,10-15,18,20H2,1-3H3,(H2,34,35,36,37)/b29-21+/t27-/m0/s1. The van der Waals surface area contributed by atoms with Crippen LogP contribution in [0.1, 0.15) is 64.9 Å². The molecule has 2 aromatic rings. The summed E-state index contributed by atoms with van der Waals surface area (Å²) in [7, 11) is 0. The van der Waals surface area contributed by atoms with E-state index >= 15 is 0 Å². The number of fused-ring (bicyclic) bond motifs is 3. The third-order valence-corrected chi connectivity index (χ3v) is 9.69. The predicted octanol–water partition coefficient (Wildman–Crippen LogP) is 4.03. The second-order valence-corrected chi connectivity index (χ2v) is 12.5. The molecule has 0 radical (unpaired) electrons. The molecule has 2 saturated heterocycles. The minimum Gasteiger partial charge on any atom is -0.489 e. The highest BCUT2D eigenvalue weighted by atomic mass is 16.5. The predicted molar refractivity (Wildman–Crippen MR) is 170 cm³/mol. The van der Waals surface area contributed by atoms with Gasteiger partial charge in [0.05, 0.1) is 17.3 Å². The Kier molecular flexibility index (Phi) is 8.83. The van der Waals surface area contributed by atoms with E-state index in [0.29, 0.717) is 53.9 Å². The Balaban J connectivity index is 1.16. The Morgan fingerprint density at radius 2 is 1.77 bits per heavy atom. The summed E-state index contributed by atoms with van der Waals surface area (Å²) < 4.78 is 6.29. The van der Waals surface area contributed by atoms with Gasteiger partial charge in [-0.05, 0) is 57.2 Å². The summed E-state index contributed by atoms with van der Waals surface area (Å²) in [5.41, 5.74) is 3.28. The first kappa shape index (κ1) is 30.1. The minimum atomic E-state index is -0.278. The third-order valence-electron chi connectivity index (χ3n) is 9.69. The molecule has 2 N–H and O–H groups in total. The van der Waals surface area contributed by atoms with Crippen molar-refractivity contribution in [3.63, 3.8) is 0 Å². The van der Waals surface area contributed by atoms with E-state index in [1.165, 1.54) is 6.92 Å². The maximum absolute atomic E-state index is 12.1. The first-order valence-electron chi connectivity index (χ1n) is 15.9. The number of carbonyl (C=O) groups excluding carboxylic acids is 3. The minimum absolute atomic E-state index is 0.133. The van der Waals surface area contributed by atoms with Crippen molar-refractivity contribution in [1.82, 2.24) is 19.8 Å². The summed E-state index contributed by atoms with van der Waals surface area (Å²) in [6.45, 7) is 10.0. The molecule has 0 spiro atoms. The first-order valence-corrected chi connectivity index (χ1v) is 15.9. The molecule has 11 nitrogen and oxygen atoms in total. The van der Waals surface area contributed by atoms with E-state index in [1.54, 1.807) is 20.0 Å². The van der Waals surface area contributed by atoms with Gasteiger partial charge in [-0.15, -0.1) is 0 Å². The number of allylic oxidation sites excluding steroid dienone is 2. The molecule has 6 rings (SSSR count). The van der Waals surface area contributed by atoms with Crippen LogP contribution >= 0.6 is 0 Å². The Hall–Kier alpha value is -3.99. The highest BCUT2D eigenvalue weighted by Crippen LogP contribution is 2.38. The van der Waals surface area contributed by atoms with Crippen molar-refractivity contribution in [1.29, 1.82) is 0 Å². The number of likely N-dealkylation sites (tertiary alicyclic amines) is 1. The Morgan fingerprint density at radius 1 is 1.00 bits per heavy atom. The molecule has 1 atom stereocenters. The smallest absolute Gasteiger partial charge is 0.229 e. The highest BCUT2D eigenvalue weighted by molar-refractivity contribution is 6.17. The summed E-state index contributed by atoms with van der Waals surface area (Å²) in [5.74, 6) is 1.78. The topological polar surface area (TPSA) is 120 Å². The zero-order valence-electron chi connectivity index (χ0n) is 26.0. The summed E-state index contributed by atoms with van der Waals surface area (Å²) in [6.07, 6.45) is 8.79. The number of nitrogens with zero attached hydrogens (tertiary/aromatic N) is 5. The van der Waals surface area contributed by atoms with Crippen LogP contribution in [0.5, 0.6) is 5.75 Å². The lowest BCUT2D eigenvalue weighted by Gasteiger charge is -2.49. The van der Waals surface area contributed by atoms with E-state index < -0.39 is 0 Å². The fourth-order valence-electron chi connectivity index (χ4n) is 7.15. The number of ether oxygens (including phenoxy) is 1. The van der Waals surface area contributed by atoms with Crippen molar-refractivity contribution >= 4 is 46.7 Å². The average molecular weight is 602 g/mol. The van der Waals surface area contributed by atoms with Crippen LogP contribution in [-0.2, 0) is 14.4 Å². The molecule has 11 heteroatoms. The largest absolute Gasteiger partial charge is 0.489 e. The van der Waals surface area contributed by atoms with Gasteiger partial charge in [0.2, 0.25) is 11.9 Å². The van der Waals surface area contributed by atoms with Gasteiger partial charge < -0.3 is 25.2 Å². The zero-order chi connectivity index (χ0) is 30.8. The summed E-state index contributed by atoms with van der Waals surface area (Å²) >= 11 is 0. The molecule has 4 heterocycles. The molecule has 1 aliphatic carbocycles. The molecule has 1 aromatic heterocycles. The van der Waals surface area contributed by atoms with E-state index in [-0.39, 0.29) is 17.3 Å². The number of aldehydes is 1. The summed E-state index contributed by atoms with van der Waals surface area (Å²) in [6, 6.07) is 7.24. The molecular weight excluding hydrogens is 558 g/mol. The quantitative estimate of drug-likeness (QED) is 0.199. The maximum atomic E-state index is 12.1. The van der Waals surface area contributed by atoms with Crippen molar-refractivity contribution in [2.75, 3.05) is 54.9 Å². The van der Waals surface area contributed by atoms with Crippen molar-refractivity contribution < 1.29 is 19.1 Å². The van der Waals surface area contributed by atoms with Gasteiger partial charge in [0, 0.05) is 75.2 Å². The molecule has 0 unspecified atom stereocenters. The fraction of sp³-hybridized carbons (Fsp3) is 0.545. The van der Waals surface area contributed by atoms with Crippen molar-refractivity contribution in [2.45, 2.75) is 77.4 Å². The van der Waals surface area contributed by atoms with E-state index in [9.17, 15) is 14.4 Å². The molecule has 1 aromatic carbocycles. The molecule has 1 amide bonds. The van der Waals surface area contributed by atoms with Gasteiger partial charge in [0.1, 0.15) is 18.2 Å². The van der Waals surface area contributed by atoms with Crippen LogP contribution in [0.3, 0.4) is 0 Å². The second-order valence-electron chi connectivity index (χ2n) is 12.5. The first-order chi connectivity index (χ1) is 21.3. The van der Waals surface area contributed by atoms with Gasteiger partial charge >= 0.3 is 0 Å². The Labute approximate surface area is 259 Å². The summed E-state index contributed by atoms with van der Waals surface area (Å²) in [5, 5.41) is 6.88. The van der Waals surface area contributed by atoms with Gasteiger partial charge in [0.25, 0.3) is 0 Å². The number of benzene rings is 1. The zero-order valence-corrected chi connectivity index (χ0v) is 26.0. The van der Waals surface area contributed by atoms with Gasteiger partial charge in [-0.2, -0.15) is 4.98 Å². The molecule has 4 aliphatic rings. The SMILES string of the molecule is CC(=O)/C(C=O)=C(\C)c1cnc(Nc2ccc3c(c2)OC[C@@H]2CN(C4CCN(C(C)=O)CC4)CCN32)nc1NC1CCCC1. The number of carbonyl (C=O) groups is 3. The second kappa shape index (κ2) is 12.9. The maximum Gasteiger partial charge on any atom is 0.229 e. The van der Waals surface area contributed by atoms with Crippen molar-refractivity contribution in [2.24, 2.45) is 0 Å². The number of nitrogens with one attached hydrogen (secondary N) is 2. The van der Waals surface area contributed by atoms with E-state index in [2.05, 4.69) is 31.5 Å². The van der Waals surface area contributed by atoms with Crippen LogP contribution in [0.15, 0.2) is 30.0 Å². The lowest BCUT2D eigenvalue weighted by molar-refractivity contribution is -0.130. The number of ketones is 1. The number of aromatic nitrogens is 2. The molecule has 3 aliphatic heterocycles. The van der Waals surface area contributed by atoms with Crippen LogP contribution in [0.4, 0.5) is 23.1 Å². The number of hydrogen-bond donors (Lipinski definition) is 2. The average Bonchev–Trinajstić information content (AvgIpc) is 3.54. The number of Topliss-reactive ketones (excluding diaryl/α,β-unsaturated/α-hetero) is 1. The van der Waals surface area contributed by atoms with Crippen LogP contribution in [0, 0.1) is 0 Å². The molecule has 234 valence electrons. The monoisotopic (exact) mass is 601 g/mol. The molecule has 1 saturated carbocycles. The van der Waals surface area contributed by atoms with Crippen LogP contribution in [0.25, 0.3) is 5.57 Å². The van der Waals surface area contributed by atoms with Gasteiger partial charge in [0.15, 0.2) is 12.1 Å². The van der Waals surface area contributed by atoms with Crippen molar-refractivity contribution in [3.8, 4) is 5.75 Å². The van der Waals surface area contributed by atoms with Crippen LogP contribution in [0.2, 0.25) is 0 Å².